The highest BCUT2D eigenvalue weighted by molar-refractivity contribution is 5.77. The van der Waals surface area contributed by atoms with Gasteiger partial charge in [-0.25, -0.2) is 9.97 Å². The monoisotopic (exact) mass is 270 g/mol. The van der Waals surface area contributed by atoms with Gasteiger partial charge in [0, 0.05) is 17.3 Å². The molecule has 0 atom stereocenters. The van der Waals surface area contributed by atoms with E-state index in [1.165, 1.54) is 5.56 Å². The van der Waals surface area contributed by atoms with Gasteiger partial charge >= 0.3 is 5.97 Å². The lowest BCUT2D eigenvalue weighted by molar-refractivity contribution is -0.136. The van der Waals surface area contributed by atoms with Crippen molar-refractivity contribution in [3.63, 3.8) is 0 Å². The lowest BCUT2D eigenvalue weighted by Crippen LogP contribution is -2.06. The number of hydrogen-bond acceptors (Lipinski definition) is 3. The molecular weight excluding hydrogens is 252 g/mol. The second kappa shape index (κ2) is 5.41. The minimum absolute atomic E-state index is 0.0671. The summed E-state index contributed by atoms with van der Waals surface area (Å²) in [4.78, 5) is 19.6. The number of aromatic nitrogens is 2. The van der Waals surface area contributed by atoms with Gasteiger partial charge in [-0.3, -0.25) is 4.79 Å². The van der Waals surface area contributed by atoms with Gasteiger partial charge in [-0.15, -0.1) is 0 Å². The third kappa shape index (κ3) is 2.85. The van der Waals surface area contributed by atoms with Gasteiger partial charge in [-0.1, -0.05) is 17.7 Å². The van der Waals surface area contributed by atoms with Gasteiger partial charge in [0.05, 0.1) is 12.1 Å². The molecule has 0 aliphatic rings. The Morgan fingerprint density at radius 3 is 2.30 bits per heavy atom. The maximum absolute atomic E-state index is 11.0. The fourth-order valence-corrected chi connectivity index (χ4v) is 2.56. The molecule has 1 N–H and O–H groups in total. The van der Waals surface area contributed by atoms with Crippen molar-refractivity contribution in [3.05, 3.63) is 46.4 Å². The van der Waals surface area contributed by atoms with Crippen LogP contribution >= 0.6 is 0 Å². The van der Waals surface area contributed by atoms with E-state index < -0.39 is 5.97 Å². The number of aliphatic carboxylic acids is 1. The van der Waals surface area contributed by atoms with E-state index in [-0.39, 0.29) is 6.42 Å². The van der Waals surface area contributed by atoms with Crippen LogP contribution in [-0.4, -0.2) is 21.0 Å². The molecule has 0 fully saturated rings. The van der Waals surface area contributed by atoms with E-state index in [4.69, 9.17) is 5.11 Å². The number of carboxylic acid groups (broad SMARTS) is 1. The summed E-state index contributed by atoms with van der Waals surface area (Å²) in [5.74, 6) is -0.227. The number of nitrogens with zero attached hydrogens (tertiary/aromatic N) is 2. The van der Waals surface area contributed by atoms with E-state index in [2.05, 4.69) is 22.1 Å². The molecule has 1 heterocycles. The standard InChI is InChI=1S/C16H18N2O2/c1-9-5-10(2)15(11(3)6-9)16-13(7-14(19)20)8-17-12(4)18-16/h5-6,8H,7H2,1-4H3,(H,19,20). The van der Waals surface area contributed by atoms with Gasteiger partial charge < -0.3 is 5.11 Å². The van der Waals surface area contributed by atoms with Crippen LogP contribution in [0.4, 0.5) is 0 Å². The average molecular weight is 270 g/mol. The lowest BCUT2D eigenvalue weighted by atomic mass is 9.94. The molecular formula is C16H18N2O2. The molecule has 4 nitrogen and oxygen atoms in total. The Balaban J connectivity index is 2.68. The molecule has 0 aliphatic heterocycles. The maximum atomic E-state index is 11.0. The topological polar surface area (TPSA) is 63.1 Å². The number of rotatable bonds is 3. The van der Waals surface area contributed by atoms with Crippen LogP contribution in [0.3, 0.4) is 0 Å². The first kappa shape index (κ1) is 14.2. The zero-order chi connectivity index (χ0) is 14.9. The van der Waals surface area contributed by atoms with E-state index in [0.717, 1.165) is 22.4 Å². The van der Waals surface area contributed by atoms with Gasteiger partial charge in [0.25, 0.3) is 0 Å². The summed E-state index contributed by atoms with van der Waals surface area (Å²) >= 11 is 0. The summed E-state index contributed by atoms with van der Waals surface area (Å²) in [5.41, 5.74) is 5.79. The van der Waals surface area contributed by atoms with Crippen LogP contribution in [0.15, 0.2) is 18.3 Å². The Morgan fingerprint density at radius 1 is 1.15 bits per heavy atom. The van der Waals surface area contributed by atoms with Crippen molar-refractivity contribution in [1.82, 2.24) is 9.97 Å². The zero-order valence-corrected chi connectivity index (χ0v) is 12.2. The van der Waals surface area contributed by atoms with E-state index in [9.17, 15) is 4.79 Å². The molecule has 0 radical (unpaired) electrons. The summed E-state index contributed by atoms with van der Waals surface area (Å²) in [5, 5.41) is 9.03. The fourth-order valence-electron chi connectivity index (χ4n) is 2.56. The van der Waals surface area contributed by atoms with Crippen LogP contribution in [0, 0.1) is 27.7 Å². The summed E-state index contributed by atoms with van der Waals surface area (Å²) in [7, 11) is 0. The molecule has 0 bridgehead atoms. The normalized spacial score (nSPS) is 10.6. The van der Waals surface area contributed by atoms with Gasteiger partial charge in [-0.2, -0.15) is 0 Å². The highest BCUT2D eigenvalue weighted by Gasteiger charge is 2.15. The minimum atomic E-state index is -0.874. The highest BCUT2D eigenvalue weighted by atomic mass is 16.4. The molecule has 4 heteroatoms. The number of benzene rings is 1. The van der Waals surface area contributed by atoms with Crippen molar-refractivity contribution < 1.29 is 9.90 Å². The molecule has 0 saturated heterocycles. The lowest BCUT2D eigenvalue weighted by Gasteiger charge is -2.14. The van der Waals surface area contributed by atoms with Crippen molar-refractivity contribution in [2.45, 2.75) is 34.1 Å². The number of carboxylic acids is 1. The van der Waals surface area contributed by atoms with Crippen LogP contribution in [0.1, 0.15) is 28.1 Å². The van der Waals surface area contributed by atoms with Gasteiger partial charge in [0.2, 0.25) is 0 Å². The van der Waals surface area contributed by atoms with Crippen LogP contribution in [0.2, 0.25) is 0 Å². The highest BCUT2D eigenvalue weighted by Crippen LogP contribution is 2.29. The Bertz CT molecular complexity index is 655. The smallest absolute Gasteiger partial charge is 0.307 e. The molecule has 20 heavy (non-hydrogen) atoms. The van der Waals surface area contributed by atoms with E-state index in [1.807, 2.05) is 27.7 Å². The molecule has 1 aromatic carbocycles. The van der Waals surface area contributed by atoms with Crippen molar-refractivity contribution in [3.8, 4) is 11.3 Å². The quantitative estimate of drug-likeness (QED) is 0.931. The first-order chi connectivity index (χ1) is 9.38. The zero-order valence-electron chi connectivity index (χ0n) is 12.2. The Morgan fingerprint density at radius 2 is 1.75 bits per heavy atom. The van der Waals surface area contributed by atoms with Crippen molar-refractivity contribution in [2.24, 2.45) is 0 Å². The van der Waals surface area contributed by atoms with Gasteiger partial charge in [-0.05, 0) is 38.8 Å². The van der Waals surface area contributed by atoms with Gasteiger partial charge in [0.15, 0.2) is 0 Å². The van der Waals surface area contributed by atoms with Crippen LogP contribution in [-0.2, 0) is 11.2 Å². The SMILES string of the molecule is Cc1cc(C)c(-c2nc(C)ncc2CC(=O)O)c(C)c1. The summed E-state index contributed by atoms with van der Waals surface area (Å²) in [6, 6.07) is 4.18. The Kier molecular flexibility index (Phi) is 3.84. The third-order valence-electron chi connectivity index (χ3n) is 3.24. The largest absolute Gasteiger partial charge is 0.481 e. The maximum Gasteiger partial charge on any atom is 0.307 e. The minimum Gasteiger partial charge on any atom is -0.481 e. The second-order valence-electron chi connectivity index (χ2n) is 5.14. The van der Waals surface area contributed by atoms with Gasteiger partial charge in [0.1, 0.15) is 5.82 Å². The second-order valence-corrected chi connectivity index (χ2v) is 5.14. The molecule has 2 rings (SSSR count). The summed E-state index contributed by atoms with van der Waals surface area (Å²) in [6.45, 7) is 7.91. The number of aryl methyl sites for hydroxylation is 4. The predicted molar refractivity (Wildman–Crippen MR) is 77.8 cm³/mol. The molecule has 0 amide bonds. The molecule has 0 unspecified atom stereocenters. The molecule has 0 aliphatic carbocycles. The Labute approximate surface area is 118 Å². The van der Waals surface area contributed by atoms with Crippen LogP contribution in [0.25, 0.3) is 11.3 Å². The number of hydrogen-bond donors (Lipinski definition) is 1. The predicted octanol–water partition coefficient (Wildman–Crippen LogP) is 3.00. The third-order valence-corrected chi connectivity index (χ3v) is 3.24. The number of carbonyl (C=O) groups is 1. The molecule has 2 aromatic rings. The van der Waals surface area contributed by atoms with Crippen molar-refractivity contribution >= 4 is 5.97 Å². The molecule has 0 saturated carbocycles. The Hall–Kier alpha value is -2.23. The first-order valence-electron chi connectivity index (χ1n) is 6.51. The summed E-state index contributed by atoms with van der Waals surface area (Å²) < 4.78 is 0. The van der Waals surface area contributed by atoms with E-state index in [0.29, 0.717) is 11.4 Å². The summed E-state index contributed by atoms with van der Waals surface area (Å²) in [6.07, 6.45) is 1.55. The molecule has 104 valence electrons. The molecule has 0 spiro atoms. The van der Waals surface area contributed by atoms with Crippen molar-refractivity contribution in [2.75, 3.05) is 0 Å². The van der Waals surface area contributed by atoms with E-state index >= 15 is 0 Å². The van der Waals surface area contributed by atoms with E-state index in [1.54, 1.807) is 6.20 Å². The average Bonchev–Trinajstić information content (AvgIpc) is 2.30. The molecule has 1 aromatic heterocycles. The van der Waals surface area contributed by atoms with Crippen LogP contribution < -0.4 is 0 Å². The fraction of sp³-hybridized carbons (Fsp3) is 0.312. The first-order valence-corrected chi connectivity index (χ1v) is 6.51. The van der Waals surface area contributed by atoms with Crippen molar-refractivity contribution in [1.29, 1.82) is 0 Å². The van der Waals surface area contributed by atoms with Crippen LogP contribution in [0.5, 0.6) is 0 Å².